The van der Waals surface area contributed by atoms with Crippen molar-refractivity contribution >= 4 is 17.2 Å². The fourth-order valence-electron chi connectivity index (χ4n) is 1.49. The summed E-state index contributed by atoms with van der Waals surface area (Å²) < 4.78 is 12.7. The summed E-state index contributed by atoms with van der Waals surface area (Å²) in [7, 11) is 0. The second kappa shape index (κ2) is 6.26. The molecule has 0 aliphatic heterocycles. The molecule has 2 rings (SSSR count). The third-order valence-corrected chi connectivity index (χ3v) is 3.29. The summed E-state index contributed by atoms with van der Waals surface area (Å²) in [5, 5.41) is 5.66. The first-order valence-electron chi connectivity index (χ1n) is 5.63. The van der Waals surface area contributed by atoms with E-state index in [1.807, 2.05) is 5.38 Å². The first-order valence-corrected chi connectivity index (χ1v) is 6.51. The highest BCUT2D eigenvalue weighted by atomic mass is 32.1. The van der Waals surface area contributed by atoms with Crippen LogP contribution < -0.4 is 5.32 Å². The Balaban J connectivity index is 1.73. The van der Waals surface area contributed by atoms with Crippen molar-refractivity contribution in [3.8, 4) is 0 Å². The zero-order chi connectivity index (χ0) is 12.8. The lowest BCUT2D eigenvalue weighted by Gasteiger charge is -2.04. The molecular weight excluding hydrogens is 251 g/mol. The van der Waals surface area contributed by atoms with Gasteiger partial charge in [-0.05, 0) is 17.7 Å². The summed E-state index contributed by atoms with van der Waals surface area (Å²) in [4.78, 5) is 15.7. The Bertz CT molecular complexity index is 496. The summed E-state index contributed by atoms with van der Waals surface area (Å²) >= 11 is 1.55. The minimum Gasteiger partial charge on any atom is -0.352 e. The molecule has 3 nitrogen and oxygen atoms in total. The van der Waals surface area contributed by atoms with Crippen molar-refractivity contribution in [1.29, 1.82) is 0 Å². The maximum absolute atomic E-state index is 12.7. The maximum atomic E-state index is 12.7. The van der Waals surface area contributed by atoms with Gasteiger partial charge in [-0.25, -0.2) is 9.37 Å². The molecular formula is C13H13FN2OS. The Morgan fingerprint density at radius 1 is 1.33 bits per heavy atom. The number of amides is 1. The smallest absolute Gasteiger partial charge is 0.220 e. The summed E-state index contributed by atoms with van der Waals surface area (Å²) in [6.07, 6.45) is 2.82. The molecule has 2 aromatic rings. The van der Waals surface area contributed by atoms with Crippen LogP contribution in [0.1, 0.15) is 17.0 Å². The number of halogens is 1. The monoisotopic (exact) mass is 264 g/mol. The molecule has 1 N–H and O–H groups in total. The van der Waals surface area contributed by atoms with Gasteiger partial charge in [0.15, 0.2) is 0 Å². The van der Waals surface area contributed by atoms with Gasteiger partial charge in [0.05, 0.1) is 5.01 Å². The molecule has 0 spiro atoms. The zero-order valence-corrected chi connectivity index (χ0v) is 10.5. The number of aryl methyl sites for hydroxylation is 1. The number of carbonyl (C=O) groups is 1. The number of thiazole rings is 1. The van der Waals surface area contributed by atoms with Gasteiger partial charge in [-0.1, -0.05) is 12.1 Å². The van der Waals surface area contributed by atoms with Gasteiger partial charge < -0.3 is 5.32 Å². The van der Waals surface area contributed by atoms with Crippen molar-refractivity contribution in [2.75, 3.05) is 0 Å². The lowest BCUT2D eigenvalue weighted by Crippen LogP contribution is -2.22. The summed E-state index contributed by atoms with van der Waals surface area (Å²) in [5.74, 6) is -0.289. The van der Waals surface area contributed by atoms with Crippen LogP contribution in [-0.4, -0.2) is 10.9 Å². The molecule has 1 aromatic heterocycles. The predicted octanol–water partition coefficient (Wildman–Crippen LogP) is 2.53. The third-order valence-electron chi connectivity index (χ3n) is 2.45. The van der Waals surface area contributed by atoms with E-state index < -0.39 is 0 Å². The number of rotatable bonds is 5. The molecule has 1 aromatic carbocycles. The Kier molecular flexibility index (Phi) is 4.41. The molecule has 0 bridgehead atoms. The van der Waals surface area contributed by atoms with Crippen LogP contribution in [0.5, 0.6) is 0 Å². The van der Waals surface area contributed by atoms with E-state index in [0.717, 1.165) is 10.6 Å². The third kappa shape index (κ3) is 3.92. The first-order chi connectivity index (χ1) is 8.74. The highest BCUT2D eigenvalue weighted by Crippen LogP contribution is 2.07. The second-order valence-corrected chi connectivity index (χ2v) is 4.81. The average molecular weight is 264 g/mol. The van der Waals surface area contributed by atoms with E-state index in [-0.39, 0.29) is 11.7 Å². The molecule has 0 unspecified atom stereocenters. The molecule has 0 aliphatic rings. The van der Waals surface area contributed by atoms with E-state index in [2.05, 4.69) is 10.3 Å². The number of aromatic nitrogens is 1. The highest BCUT2D eigenvalue weighted by Gasteiger charge is 2.03. The zero-order valence-electron chi connectivity index (χ0n) is 9.73. The van der Waals surface area contributed by atoms with Crippen LogP contribution in [0.3, 0.4) is 0 Å². The van der Waals surface area contributed by atoms with Gasteiger partial charge in [0.2, 0.25) is 5.91 Å². The SMILES string of the molecule is O=C(CCc1nccs1)NCc1ccc(F)cc1. The molecule has 0 saturated heterocycles. The van der Waals surface area contributed by atoms with Crippen LogP contribution in [0.4, 0.5) is 4.39 Å². The van der Waals surface area contributed by atoms with Crippen molar-refractivity contribution in [1.82, 2.24) is 10.3 Å². The molecule has 0 aliphatic carbocycles. The van der Waals surface area contributed by atoms with E-state index in [0.29, 0.717) is 19.4 Å². The van der Waals surface area contributed by atoms with Crippen LogP contribution in [0.2, 0.25) is 0 Å². The average Bonchev–Trinajstić information content (AvgIpc) is 2.89. The summed E-state index contributed by atoms with van der Waals surface area (Å²) in [6.45, 7) is 0.428. The summed E-state index contributed by atoms with van der Waals surface area (Å²) in [6, 6.07) is 6.10. The molecule has 5 heteroatoms. The van der Waals surface area contributed by atoms with E-state index in [9.17, 15) is 9.18 Å². The predicted molar refractivity (Wildman–Crippen MR) is 68.7 cm³/mol. The van der Waals surface area contributed by atoms with Crippen molar-refractivity contribution in [3.63, 3.8) is 0 Å². The van der Waals surface area contributed by atoms with E-state index in [4.69, 9.17) is 0 Å². The van der Waals surface area contributed by atoms with E-state index in [1.54, 1.807) is 29.7 Å². The minimum absolute atomic E-state index is 0.0190. The summed E-state index contributed by atoms with van der Waals surface area (Å²) in [5.41, 5.74) is 0.888. The highest BCUT2D eigenvalue weighted by molar-refractivity contribution is 7.09. The van der Waals surface area contributed by atoms with Gasteiger partial charge in [0.1, 0.15) is 5.82 Å². The van der Waals surface area contributed by atoms with Crippen LogP contribution in [0, 0.1) is 5.82 Å². The van der Waals surface area contributed by atoms with E-state index in [1.165, 1.54) is 12.1 Å². The first kappa shape index (κ1) is 12.7. The molecule has 1 amide bonds. The molecule has 0 radical (unpaired) electrons. The Morgan fingerprint density at radius 3 is 2.78 bits per heavy atom. The molecule has 1 heterocycles. The molecule has 0 atom stereocenters. The Labute approximate surface area is 109 Å². The van der Waals surface area contributed by atoms with Crippen molar-refractivity contribution < 1.29 is 9.18 Å². The fourth-order valence-corrected chi connectivity index (χ4v) is 2.11. The normalized spacial score (nSPS) is 10.3. The quantitative estimate of drug-likeness (QED) is 0.901. The van der Waals surface area contributed by atoms with Gasteiger partial charge in [-0.3, -0.25) is 4.79 Å². The van der Waals surface area contributed by atoms with Crippen LogP contribution in [-0.2, 0) is 17.8 Å². The Hall–Kier alpha value is -1.75. The topological polar surface area (TPSA) is 42.0 Å². The van der Waals surface area contributed by atoms with E-state index >= 15 is 0 Å². The lowest BCUT2D eigenvalue weighted by atomic mass is 10.2. The van der Waals surface area contributed by atoms with Gasteiger partial charge in [0, 0.05) is 31.0 Å². The second-order valence-electron chi connectivity index (χ2n) is 3.83. The minimum atomic E-state index is -0.270. The lowest BCUT2D eigenvalue weighted by molar-refractivity contribution is -0.121. The number of nitrogens with one attached hydrogen (secondary N) is 1. The van der Waals surface area contributed by atoms with Gasteiger partial charge in [-0.15, -0.1) is 11.3 Å². The number of hydrogen-bond acceptors (Lipinski definition) is 3. The standard InChI is InChI=1S/C13H13FN2OS/c14-11-3-1-10(2-4-11)9-16-12(17)5-6-13-15-7-8-18-13/h1-4,7-8H,5-6,9H2,(H,16,17). The van der Waals surface area contributed by atoms with Crippen LogP contribution >= 0.6 is 11.3 Å². The molecule has 0 saturated carbocycles. The number of nitrogens with zero attached hydrogens (tertiary/aromatic N) is 1. The van der Waals surface area contributed by atoms with Crippen LogP contribution in [0.15, 0.2) is 35.8 Å². The van der Waals surface area contributed by atoms with Crippen LogP contribution in [0.25, 0.3) is 0 Å². The number of benzene rings is 1. The van der Waals surface area contributed by atoms with Crippen molar-refractivity contribution in [2.45, 2.75) is 19.4 Å². The molecule has 94 valence electrons. The molecule has 18 heavy (non-hydrogen) atoms. The van der Waals surface area contributed by atoms with Gasteiger partial charge >= 0.3 is 0 Å². The fraction of sp³-hybridized carbons (Fsp3) is 0.231. The van der Waals surface area contributed by atoms with Crippen molar-refractivity contribution in [2.24, 2.45) is 0 Å². The largest absolute Gasteiger partial charge is 0.352 e. The van der Waals surface area contributed by atoms with Crippen molar-refractivity contribution in [3.05, 3.63) is 52.2 Å². The number of carbonyl (C=O) groups excluding carboxylic acids is 1. The molecule has 0 fully saturated rings. The van der Waals surface area contributed by atoms with Gasteiger partial charge in [0.25, 0.3) is 0 Å². The van der Waals surface area contributed by atoms with Gasteiger partial charge in [-0.2, -0.15) is 0 Å². The number of hydrogen-bond donors (Lipinski definition) is 1. The Morgan fingerprint density at radius 2 is 2.11 bits per heavy atom. The maximum Gasteiger partial charge on any atom is 0.220 e.